The number of hydrogen-bond acceptors (Lipinski definition) is 1. The number of thioether (sulfide) groups is 1. The Morgan fingerprint density at radius 3 is 2.58 bits per heavy atom. The Hall–Kier alpha value is -0.140. The summed E-state index contributed by atoms with van der Waals surface area (Å²) in [4.78, 5) is 0. The van der Waals surface area contributed by atoms with Gasteiger partial charge in [0.25, 0.3) is 0 Å². The van der Waals surface area contributed by atoms with E-state index in [2.05, 4.69) is 19.9 Å². The molecule has 1 aromatic carbocycles. The fraction of sp³-hybridized carbons (Fsp3) is 0.400. The fourth-order valence-electron chi connectivity index (χ4n) is 0.872. The third-order valence-electron chi connectivity index (χ3n) is 1.53. The average molecular weight is 201 g/mol. The van der Waals surface area contributed by atoms with E-state index in [1.165, 1.54) is 5.56 Å². The van der Waals surface area contributed by atoms with Crippen LogP contribution in [0.3, 0.4) is 0 Å². The summed E-state index contributed by atoms with van der Waals surface area (Å²) < 4.78 is 0. The van der Waals surface area contributed by atoms with Gasteiger partial charge in [-0.15, -0.1) is 0 Å². The van der Waals surface area contributed by atoms with Gasteiger partial charge in [-0.2, -0.15) is 11.8 Å². The first-order valence-electron chi connectivity index (χ1n) is 4.05. The van der Waals surface area contributed by atoms with Gasteiger partial charge in [0.05, 0.1) is 0 Å². The van der Waals surface area contributed by atoms with Crippen molar-refractivity contribution in [2.75, 3.05) is 0 Å². The van der Waals surface area contributed by atoms with Crippen LogP contribution in [0.2, 0.25) is 5.02 Å². The van der Waals surface area contributed by atoms with Crippen LogP contribution in [-0.2, 0) is 5.75 Å². The molecule has 12 heavy (non-hydrogen) atoms. The van der Waals surface area contributed by atoms with Gasteiger partial charge in [-0.1, -0.05) is 43.6 Å². The molecule has 0 aliphatic carbocycles. The lowest BCUT2D eigenvalue weighted by Crippen LogP contribution is -1.89. The number of halogens is 1. The van der Waals surface area contributed by atoms with Crippen LogP contribution in [0.25, 0.3) is 0 Å². The molecular weight excluding hydrogens is 188 g/mol. The molecule has 0 saturated heterocycles. The molecule has 0 amide bonds. The van der Waals surface area contributed by atoms with E-state index in [4.69, 9.17) is 11.6 Å². The van der Waals surface area contributed by atoms with Gasteiger partial charge in [0, 0.05) is 10.8 Å². The van der Waals surface area contributed by atoms with Gasteiger partial charge in [0.1, 0.15) is 0 Å². The second-order valence-corrected chi connectivity index (χ2v) is 4.92. The number of hydrogen-bond donors (Lipinski definition) is 0. The number of benzene rings is 1. The molecule has 0 aromatic heterocycles. The highest BCUT2D eigenvalue weighted by molar-refractivity contribution is 7.99. The lowest BCUT2D eigenvalue weighted by Gasteiger charge is -2.05. The van der Waals surface area contributed by atoms with Crippen molar-refractivity contribution in [1.82, 2.24) is 0 Å². The molecule has 0 heterocycles. The maximum absolute atomic E-state index is 5.99. The summed E-state index contributed by atoms with van der Waals surface area (Å²) in [6.45, 7) is 4.39. The topological polar surface area (TPSA) is 0 Å². The van der Waals surface area contributed by atoms with Crippen LogP contribution < -0.4 is 0 Å². The maximum atomic E-state index is 5.99. The molecule has 66 valence electrons. The average Bonchev–Trinajstić information content (AvgIpc) is 2.03. The van der Waals surface area contributed by atoms with Crippen LogP contribution in [-0.4, -0.2) is 5.25 Å². The minimum Gasteiger partial charge on any atom is -0.154 e. The zero-order valence-electron chi connectivity index (χ0n) is 7.38. The molecule has 0 fully saturated rings. The Kier molecular flexibility index (Phi) is 3.96. The molecule has 0 N–H and O–H groups in total. The van der Waals surface area contributed by atoms with Gasteiger partial charge in [-0.3, -0.25) is 0 Å². The minimum atomic E-state index is 0.668. The lowest BCUT2D eigenvalue weighted by molar-refractivity contribution is 1.11. The Morgan fingerprint density at radius 2 is 2.00 bits per heavy atom. The van der Waals surface area contributed by atoms with E-state index in [1.54, 1.807) is 0 Å². The molecule has 0 atom stereocenters. The summed E-state index contributed by atoms with van der Waals surface area (Å²) in [5.41, 5.74) is 1.23. The predicted molar refractivity (Wildman–Crippen MR) is 57.9 cm³/mol. The van der Waals surface area contributed by atoms with E-state index in [1.807, 2.05) is 30.0 Å². The highest BCUT2D eigenvalue weighted by Crippen LogP contribution is 2.22. The van der Waals surface area contributed by atoms with E-state index in [0.29, 0.717) is 5.25 Å². The highest BCUT2D eigenvalue weighted by Gasteiger charge is 2.00. The SMILES string of the molecule is CC(C)SCc1ccccc1Cl. The van der Waals surface area contributed by atoms with Crippen molar-refractivity contribution in [2.24, 2.45) is 0 Å². The molecule has 2 heteroatoms. The summed E-state index contributed by atoms with van der Waals surface area (Å²) in [6.07, 6.45) is 0. The largest absolute Gasteiger partial charge is 0.154 e. The summed E-state index contributed by atoms with van der Waals surface area (Å²) in [5, 5.41) is 1.55. The third-order valence-corrected chi connectivity index (χ3v) is 3.04. The van der Waals surface area contributed by atoms with E-state index in [9.17, 15) is 0 Å². The lowest BCUT2D eigenvalue weighted by atomic mass is 10.2. The van der Waals surface area contributed by atoms with Crippen molar-refractivity contribution in [3.05, 3.63) is 34.9 Å². The first-order chi connectivity index (χ1) is 5.70. The van der Waals surface area contributed by atoms with Gasteiger partial charge in [-0.05, 0) is 16.9 Å². The van der Waals surface area contributed by atoms with Crippen molar-refractivity contribution < 1.29 is 0 Å². The van der Waals surface area contributed by atoms with Crippen molar-refractivity contribution in [2.45, 2.75) is 24.9 Å². The molecule has 0 aliphatic heterocycles. The Labute approximate surface area is 83.3 Å². The molecule has 0 unspecified atom stereocenters. The molecule has 0 nitrogen and oxygen atoms in total. The van der Waals surface area contributed by atoms with Crippen LogP contribution >= 0.6 is 23.4 Å². The fourth-order valence-corrected chi connectivity index (χ4v) is 1.92. The van der Waals surface area contributed by atoms with Crippen LogP contribution in [0.5, 0.6) is 0 Å². The van der Waals surface area contributed by atoms with Gasteiger partial charge in [-0.25, -0.2) is 0 Å². The van der Waals surface area contributed by atoms with Crippen LogP contribution in [0, 0.1) is 0 Å². The van der Waals surface area contributed by atoms with Crippen molar-refractivity contribution in [3.8, 4) is 0 Å². The summed E-state index contributed by atoms with van der Waals surface area (Å²) in [5.74, 6) is 1.01. The smallest absolute Gasteiger partial charge is 0.0446 e. The molecule has 0 saturated carbocycles. The molecular formula is C10H13ClS. The molecule has 0 spiro atoms. The Bertz CT molecular complexity index is 245. The van der Waals surface area contributed by atoms with Crippen LogP contribution in [0.15, 0.2) is 24.3 Å². The Balaban J connectivity index is 2.57. The maximum Gasteiger partial charge on any atom is 0.0446 e. The summed E-state index contributed by atoms with van der Waals surface area (Å²) in [7, 11) is 0. The van der Waals surface area contributed by atoms with Crippen molar-refractivity contribution in [1.29, 1.82) is 0 Å². The van der Waals surface area contributed by atoms with Crippen LogP contribution in [0.4, 0.5) is 0 Å². The normalized spacial score (nSPS) is 10.7. The summed E-state index contributed by atoms with van der Waals surface area (Å²) >= 11 is 7.91. The summed E-state index contributed by atoms with van der Waals surface area (Å²) in [6, 6.07) is 8.02. The monoisotopic (exact) mass is 200 g/mol. The van der Waals surface area contributed by atoms with E-state index in [-0.39, 0.29) is 0 Å². The molecule has 1 rings (SSSR count). The molecule has 0 aliphatic rings. The molecule has 0 bridgehead atoms. The van der Waals surface area contributed by atoms with Crippen molar-refractivity contribution >= 4 is 23.4 Å². The molecule has 1 aromatic rings. The zero-order chi connectivity index (χ0) is 8.97. The first kappa shape index (κ1) is 9.94. The minimum absolute atomic E-state index is 0.668. The second kappa shape index (κ2) is 4.78. The van der Waals surface area contributed by atoms with Crippen LogP contribution in [0.1, 0.15) is 19.4 Å². The van der Waals surface area contributed by atoms with Crippen molar-refractivity contribution in [3.63, 3.8) is 0 Å². The number of rotatable bonds is 3. The Morgan fingerprint density at radius 1 is 1.33 bits per heavy atom. The van der Waals surface area contributed by atoms with Gasteiger partial charge < -0.3 is 0 Å². The highest BCUT2D eigenvalue weighted by atomic mass is 35.5. The van der Waals surface area contributed by atoms with Gasteiger partial charge >= 0.3 is 0 Å². The van der Waals surface area contributed by atoms with E-state index >= 15 is 0 Å². The van der Waals surface area contributed by atoms with Gasteiger partial charge in [0.15, 0.2) is 0 Å². The van der Waals surface area contributed by atoms with E-state index in [0.717, 1.165) is 10.8 Å². The standard InChI is InChI=1S/C10H13ClS/c1-8(2)12-7-9-5-3-4-6-10(9)11/h3-6,8H,7H2,1-2H3. The predicted octanol–water partition coefficient (Wildman–Crippen LogP) is 3.98. The first-order valence-corrected chi connectivity index (χ1v) is 5.48. The second-order valence-electron chi connectivity index (χ2n) is 2.95. The quantitative estimate of drug-likeness (QED) is 0.711. The molecule has 0 radical (unpaired) electrons. The zero-order valence-corrected chi connectivity index (χ0v) is 8.95. The third kappa shape index (κ3) is 3.08. The van der Waals surface area contributed by atoms with E-state index < -0.39 is 0 Å². The van der Waals surface area contributed by atoms with Gasteiger partial charge in [0.2, 0.25) is 0 Å².